The molecule has 0 amide bonds. The zero-order valence-corrected chi connectivity index (χ0v) is 11.3. The summed E-state index contributed by atoms with van der Waals surface area (Å²) in [5.41, 5.74) is 1.04. The van der Waals surface area contributed by atoms with Gasteiger partial charge < -0.3 is 5.32 Å². The van der Waals surface area contributed by atoms with E-state index < -0.39 is 0 Å². The van der Waals surface area contributed by atoms with Gasteiger partial charge in [0.1, 0.15) is 5.82 Å². The molecule has 0 saturated carbocycles. The number of thioether (sulfide) groups is 1. The van der Waals surface area contributed by atoms with E-state index in [1.807, 2.05) is 6.07 Å². The predicted molar refractivity (Wildman–Crippen MR) is 71.9 cm³/mol. The number of nitriles is 1. The molecule has 2 atom stereocenters. The maximum absolute atomic E-state index is 13.7. The molecule has 1 aromatic rings. The summed E-state index contributed by atoms with van der Waals surface area (Å²) in [5, 5.41) is 12.3. The van der Waals surface area contributed by atoms with Crippen LogP contribution in [0.3, 0.4) is 0 Å². The molecule has 1 aliphatic heterocycles. The predicted octanol–water partition coefficient (Wildman–Crippen LogP) is 3.64. The van der Waals surface area contributed by atoms with Gasteiger partial charge in [0, 0.05) is 17.0 Å². The van der Waals surface area contributed by atoms with Gasteiger partial charge in [-0.3, -0.25) is 0 Å². The minimum atomic E-state index is -0.127. The minimum absolute atomic E-state index is 0.127. The van der Waals surface area contributed by atoms with Crippen LogP contribution in [0.5, 0.6) is 0 Å². The van der Waals surface area contributed by atoms with Crippen molar-refractivity contribution >= 4 is 11.8 Å². The van der Waals surface area contributed by atoms with Gasteiger partial charge >= 0.3 is 0 Å². The van der Waals surface area contributed by atoms with Crippen molar-refractivity contribution in [2.75, 3.05) is 5.75 Å². The molecule has 1 heterocycles. The largest absolute Gasteiger partial charge is 0.306 e. The molecule has 1 N–H and O–H groups in total. The van der Waals surface area contributed by atoms with E-state index in [1.54, 1.807) is 17.8 Å². The highest BCUT2D eigenvalue weighted by Crippen LogP contribution is 2.38. The first-order valence-electron chi connectivity index (χ1n) is 6.30. The van der Waals surface area contributed by atoms with E-state index in [0.717, 1.165) is 29.1 Å². The molecule has 2 nitrogen and oxygen atoms in total. The molecule has 0 fully saturated rings. The Labute approximate surface area is 112 Å². The van der Waals surface area contributed by atoms with Gasteiger partial charge in [-0.15, -0.1) is 11.8 Å². The van der Waals surface area contributed by atoms with Crippen molar-refractivity contribution in [3.63, 3.8) is 0 Å². The normalized spacial score (nSPS) is 19.9. The van der Waals surface area contributed by atoms with Gasteiger partial charge in [-0.1, -0.05) is 19.1 Å². The molecule has 18 heavy (non-hydrogen) atoms. The average Bonchev–Trinajstić information content (AvgIpc) is 2.39. The summed E-state index contributed by atoms with van der Waals surface area (Å²) >= 11 is 1.59. The first-order chi connectivity index (χ1) is 8.76. The Bertz CT molecular complexity index is 456. The quantitative estimate of drug-likeness (QED) is 0.901. The summed E-state index contributed by atoms with van der Waals surface area (Å²) < 4.78 is 13.7. The van der Waals surface area contributed by atoms with Crippen molar-refractivity contribution in [1.29, 1.82) is 5.26 Å². The monoisotopic (exact) mass is 264 g/mol. The number of rotatable bonds is 4. The molecule has 0 aromatic heterocycles. The lowest BCUT2D eigenvalue weighted by molar-refractivity contribution is 0.411. The van der Waals surface area contributed by atoms with E-state index in [9.17, 15) is 4.39 Å². The zero-order chi connectivity index (χ0) is 13.0. The SMILES string of the molecule is CCC(CC#N)NC1CCSc2c(F)cccc21. The number of nitrogens with one attached hydrogen (secondary N) is 1. The van der Waals surface area contributed by atoms with Crippen molar-refractivity contribution in [2.45, 2.75) is 43.2 Å². The van der Waals surface area contributed by atoms with Crippen LogP contribution < -0.4 is 5.32 Å². The molecule has 0 radical (unpaired) electrons. The molecule has 0 aliphatic carbocycles. The van der Waals surface area contributed by atoms with E-state index in [2.05, 4.69) is 18.3 Å². The number of benzene rings is 1. The first-order valence-corrected chi connectivity index (χ1v) is 7.29. The maximum atomic E-state index is 13.7. The fourth-order valence-corrected chi connectivity index (χ4v) is 3.42. The highest BCUT2D eigenvalue weighted by Gasteiger charge is 2.24. The molecule has 0 saturated heterocycles. The Hall–Kier alpha value is -1.05. The number of halogens is 1. The van der Waals surface area contributed by atoms with Crippen LogP contribution in [-0.2, 0) is 0 Å². The van der Waals surface area contributed by atoms with Crippen LogP contribution in [0, 0.1) is 17.1 Å². The van der Waals surface area contributed by atoms with Crippen LogP contribution in [0.1, 0.15) is 37.8 Å². The molecule has 1 aliphatic rings. The lowest BCUT2D eigenvalue weighted by Crippen LogP contribution is -2.34. The Morgan fingerprint density at radius 2 is 2.44 bits per heavy atom. The van der Waals surface area contributed by atoms with Gasteiger partial charge in [0.05, 0.1) is 12.5 Å². The van der Waals surface area contributed by atoms with Gasteiger partial charge in [-0.25, -0.2) is 4.39 Å². The highest BCUT2D eigenvalue weighted by molar-refractivity contribution is 7.99. The summed E-state index contributed by atoms with van der Waals surface area (Å²) in [6, 6.07) is 7.84. The second kappa shape index (κ2) is 6.21. The Kier molecular flexibility index (Phi) is 4.62. The third-order valence-electron chi connectivity index (χ3n) is 3.29. The molecule has 1 aromatic carbocycles. The van der Waals surface area contributed by atoms with Crippen molar-refractivity contribution in [3.05, 3.63) is 29.6 Å². The van der Waals surface area contributed by atoms with Crippen LogP contribution in [0.4, 0.5) is 4.39 Å². The second-order valence-electron chi connectivity index (χ2n) is 4.48. The van der Waals surface area contributed by atoms with Crippen LogP contribution in [0.25, 0.3) is 0 Å². The number of hydrogen-bond donors (Lipinski definition) is 1. The number of nitrogens with zero attached hydrogens (tertiary/aromatic N) is 1. The van der Waals surface area contributed by atoms with Gasteiger partial charge in [0.2, 0.25) is 0 Å². The molecular formula is C14H17FN2S. The van der Waals surface area contributed by atoms with Gasteiger partial charge in [-0.2, -0.15) is 5.26 Å². The standard InChI is InChI=1S/C14H17FN2S/c1-2-10(6-8-16)17-13-7-9-18-14-11(13)4-3-5-12(14)15/h3-5,10,13,17H,2,6-7,9H2,1H3. The topological polar surface area (TPSA) is 35.8 Å². The molecule has 0 bridgehead atoms. The molecule has 96 valence electrons. The Morgan fingerprint density at radius 1 is 1.61 bits per heavy atom. The minimum Gasteiger partial charge on any atom is -0.306 e. The van der Waals surface area contributed by atoms with Crippen molar-refractivity contribution < 1.29 is 4.39 Å². The first kappa shape index (κ1) is 13.4. The van der Waals surface area contributed by atoms with E-state index in [1.165, 1.54) is 6.07 Å². The van der Waals surface area contributed by atoms with Gasteiger partial charge in [-0.05, 0) is 30.2 Å². The molecule has 2 unspecified atom stereocenters. The molecular weight excluding hydrogens is 247 g/mol. The molecule has 2 rings (SSSR count). The summed E-state index contributed by atoms with van der Waals surface area (Å²) in [6.45, 7) is 2.07. The second-order valence-corrected chi connectivity index (χ2v) is 5.59. The van der Waals surface area contributed by atoms with Gasteiger partial charge in [0.25, 0.3) is 0 Å². The lowest BCUT2D eigenvalue weighted by Gasteiger charge is -2.29. The van der Waals surface area contributed by atoms with Crippen LogP contribution in [0.15, 0.2) is 23.1 Å². The van der Waals surface area contributed by atoms with Crippen molar-refractivity contribution in [3.8, 4) is 6.07 Å². The smallest absolute Gasteiger partial charge is 0.137 e. The fraction of sp³-hybridized carbons (Fsp3) is 0.500. The van der Waals surface area contributed by atoms with Crippen molar-refractivity contribution in [2.24, 2.45) is 0 Å². The zero-order valence-electron chi connectivity index (χ0n) is 10.4. The van der Waals surface area contributed by atoms with E-state index in [4.69, 9.17) is 5.26 Å². The van der Waals surface area contributed by atoms with Crippen molar-refractivity contribution in [1.82, 2.24) is 5.32 Å². The van der Waals surface area contributed by atoms with Crippen LogP contribution in [0.2, 0.25) is 0 Å². The number of fused-ring (bicyclic) bond motifs is 1. The van der Waals surface area contributed by atoms with Crippen LogP contribution in [-0.4, -0.2) is 11.8 Å². The summed E-state index contributed by atoms with van der Waals surface area (Å²) in [4.78, 5) is 0.771. The summed E-state index contributed by atoms with van der Waals surface area (Å²) in [5.74, 6) is 0.798. The third-order valence-corrected chi connectivity index (χ3v) is 4.45. The highest BCUT2D eigenvalue weighted by atomic mass is 32.2. The summed E-state index contributed by atoms with van der Waals surface area (Å²) in [6.07, 6.45) is 2.41. The average molecular weight is 264 g/mol. The van der Waals surface area contributed by atoms with E-state index >= 15 is 0 Å². The Balaban J connectivity index is 2.17. The number of hydrogen-bond acceptors (Lipinski definition) is 3. The fourth-order valence-electron chi connectivity index (χ4n) is 2.28. The van der Waals surface area contributed by atoms with E-state index in [0.29, 0.717) is 6.42 Å². The summed E-state index contributed by atoms with van der Waals surface area (Å²) in [7, 11) is 0. The van der Waals surface area contributed by atoms with Crippen LogP contribution >= 0.6 is 11.8 Å². The molecule has 4 heteroatoms. The van der Waals surface area contributed by atoms with E-state index in [-0.39, 0.29) is 17.9 Å². The Morgan fingerprint density at radius 3 is 3.17 bits per heavy atom. The third kappa shape index (κ3) is 2.85. The maximum Gasteiger partial charge on any atom is 0.137 e. The van der Waals surface area contributed by atoms with Gasteiger partial charge in [0.15, 0.2) is 0 Å². The lowest BCUT2D eigenvalue weighted by atomic mass is 10.0. The molecule has 0 spiro atoms.